The molecule has 0 aromatic carbocycles. The lowest BCUT2D eigenvalue weighted by atomic mass is 10.1. The summed E-state index contributed by atoms with van der Waals surface area (Å²) in [6, 6.07) is 4.31. The number of thiazole rings is 1. The van der Waals surface area contributed by atoms with Gasteiger partial charge in [-0.3, -0.25) is 4.79 Å². The number of rotatable bonds is 3. The van der Waals surface area contributed by atoms with Crippen LogP contribution >= 0.6 is 11.3 Å². The molecule has 0 aliphatic carbocycles. The van der Waals surface area contributed by atoms with Gasteiger partial charge in [-0.25, -0.2) is 4.98 Å². The van der Waals surface area contributed by atoms with Crippen LogP contribution in [-0.2, 0) is 0 Å². The van der Waals surface area contributed by atoms with Crippen LogP contribution in [0.25, 0.3) is 10.8 Å². The highest BCUT2D eigenvalue weighted by molar-refractivity contribution is 7.13. The van der Waals surface area contributed by atoms with Gasteiger partial charge >= 0.3 is 0 Å². The van der Waals surface area contributed by atoms with Gasteiger partial charge in [0, 0.05) is 24.5 Å². The first kappa shape index (κ1) is 14.3. The fourth-order valence-corrected chi connectivity index (χ4v) is 3.32. The van der Waals surface area contributed by atoms with Crippen LogP contribution in [-0.4, -0.2) is 42.0 Å². The second-order valence-corrected chi connectivity index (χ2v) is 6.16. The van der Waals surface area contributed by atoms with Gasteiger partial charge in [-0.15, -0.1) is 11.3 Å². The molecular weight excluding hydrogens is 286 g/mol. The van der Waals surface area contributed by atoms with Gasteiger partial charge in [0.1, 0.15) is 11.5 Å². The summed E-state index contributed by atoms with van der Waals surface area (Å²) in [5, 5.41) is 5.85. The van der Waals surface area contributed by atoms with E-state index < -0.39 is 0 Å². The Morgan fingerprint density at radius 3 is 2.81 bits per heavy atom. The summed E-state index contributed by atoms with van der Waals surface area (Å²) in [5.41, 5.74) is 0.520. The van der Waals surface area contributed by atoms with Crippen LogP contribution in [0.4, 0.5) is 0 Å². The second-order valence-electron chi connectivity index (χ2n) is 5.30. The van der Waals surface area contributed by atoms with E-state index in [0.29, 0.717) is 11.7 Å². The average Bonchev–Trinajstić information content (AvgIpc) is 3.15. The first-order valence-corrected chi connectivity index (χ1v) is 8.04. The summed E-state index contributed by atoms with van der Waals surface area (Å²) in [4.78, 5) is 18.8. The number of furan rings is 1. The lowest BCUT2D eigenvalue weighted by Gasteiger charge is -2.31. The largest absolute Gasteiger partial charge is 0.459 e. The Morgan fingerprint density at radius 1 is 1.43 bits per heavy atom. The summed E-state index contributed by atoms with van der Waals surface area (Å²) in [7, 11) is 1.97. The van der Waals surface area contributed by atoms with Gasteiger partial charge in [0.25, 0.3) is 5.91 Å². The van der Waals surface area contributed by atoms with E-state index in [4.69, 9.17) is 4.42 Å². The van der Waals surface area contributed by atoms with Crippen LogP contribution in [0.2, 0.25) is 0 Å². The summed E-state index contributed by atoms with van der Waals surface area (Å²) in [6.07, 6.45) is 1.99. The molecule has 0 atom stereocenters. The van der Waals surface area contributed by atoms with Gasteiger partial charge in [0.2, 0.25) is 0 Å². The maximum atomic E-state index is 12.5. The van der Waals surface area contributed by atoms with Crippen LogP contribution in [0.1, 0.15) is 29.1 Å². The minimum absolute atomic E-state index is 0.0235. The number of aromatic nitrogens is 1. The van der Waals surface area contributed by atoms with Crippen LogP contribution in [0.5, 0.6) is 0 Å². The van der Waals surface area contributed by atoms with Crippen molar-refractivity contribution in [2.45, 2.75) is 25.8 Å². The molecule has 2 aromatic rings. The molecule has 21 heavy (non-hydrogen) atoms. The fourth-order valence-electron chi connectivity index (χ4n) is 2.57. The van der Waals surface area contributed by atoms with Gasteiger partial charge in [-0.05, 0) is 38.9 Å². The molecule has 0 radical (unpaired) electrons. The Balaban J connectivity index is 1.70. The zero-order valence-electron chi connectivity index (χ0n) is 12.3. The Labute approximate surface area is 128 Å². The molecule has 0 spiro atoms. The Kier molecular flexibility index (Phi) is 4.07. The maximum absolute atomic E-state index is 12.5. The number of piperidine rings is 1. The molecule has 1 aliphatic rings. The lowest BCUT2D eigenvalue weighted by Crippen LogP contribution is -2.44. The Morgan fingerprint density at radius 2 is 2.19 bits per heavy atom. The van der Waals surface area contributed by atoms with Crippen molar-refractivity contribution < 1.29 is 9.21 Å². The first-order valence-electron chi connectivity index (χ1n) is 7.16. The lowest BCUT2D eigenvalue weighted by molar-refractivity contribution is 0.0702. The van der Waals surface area contributed by atoms with E-state index in [9.17, 15) is 4.79 Å². The van der Waals surface area contributed by atoms with E-state index in [2.05, 4.69) is 10.3 Å². The smallest absolute Gasteiger partial charge is 0.273 e. The predicted octanol–water partition coefficient (Wildman–Crippen LogP) is 2.54. The molecule has 0 bridgehead atoms. The van der Waals surface area contributed by atoms with E-state index >= 15 is 0 Å². The van der Waals surface area contributed by atoms with Crippen LogP contribution in [0, 0.1) is 6.92 Å². The quantitative estimate of drug-likeness (QED) is 0.946. The Bertz CT molecular complexity index is 626. The zero-order chi connectivity index (χ0) is 14.8. The molecule has 3 rings (SSSR count). The third kappa shape index (κ3) is 3.01. The normalized spacial score (nSPS) is 16.4. The van der Waals surface area contributed by atoms with Crippen molar-refractivity contribution in [1.29, 1.82) is 0 Å². The van der Waals surface area contributed by atoms with E-state index in [1.165, 1.54) is 11.3 Å². The standard InChI is InChI=1S/C15H19N3O2S/c1-10-3-4-13(20-10)14-17-12(9-21-14)15(19)18-7-5-11(16-2)6-8-18/h3-4,9,11,16H,5-8H2,1-2H3. The van der Waals surface area contributed by atoms with Crippen molar-refractivity contribution in [3.05, 3.63) is 29.0 Å². The Hall–Kier alpha value is -1.66. The van der Waals surface area contributed by atoms with Crippen molar-refractivity contribution in [1.82, 2.24) is 15.2 Å². The van der Waals surface area contributed by atoms with Gasteiger partial charge in [-0.1, -0.05) is 0 Å². The third-order valence-electron chi connectivity index (χ3n) is 3.86. The highest BCUT2D eigenvalue weighted by Gasteiger charge is 2.24. The highest BCUT2D eigenvalue weighted by atomic mass is 32.1. The van der Waals surface area contributed by atoms with Crippen LogP contribution in [0.3, 0.4) is 0 Å². The number of nitrogens with zero attached hydrogens (tertiary/aromatic N) is 2. The predicted molar refractivity (Wildman–Crippen MR) is 82.5 cm³/mol. The number of carbonyl (C=O) groups excluding carboxylic acids is 1. The molecule has 1 fully saturated rings. The van der Waals surface area contributed by atoms with E-state index in [0.717, 1.165) is 42.5 Å². The first-order chi connectivity index (χ1) is 10.2. The molecule has 5 nitrogen and oxygen atoms in total. The van der Waals surface area contributed by atoms with Crippen molar-refractivity contribution in [2.75, 3.05) is 20.1 Å². The van der Waals surface area contributed by atoms with Crippen molar-refractivity contribution in [3.63, 3.8) is 0 Å². The SMILES string of the molecule is CNC1CCN(C(=O)c2csc(-c3ccc(C)o3)n2)CC1. The minimum Gasteiger partial charge on any atom is -0.459 e. The monoisotopic (exact) mass is 305 g/mol. The summed E-state index contributed by atoms with van der Waals surface area (Å²) >= 11 is 1.45. The zero-order valence-corrected chi connectivity index (χ0v) is 13.1. The molecular formula is C15H19N3O2S. The second kappa shape index (κ2) is 5.99. The number of hydrogen-bond acceptors (Lipinski definition) is 5. The topological polar surface area (TPSA) is 58.4 Å². The number of aryl methyl sites for hydroxylation is 1. The molecule has 0 unspecified atom stereocenters. The van der Waals surface area contributed by atoms with Gasteiger partial charge in [-0.2, -0.15) is 0 Å². The molecule has 2 aromatic heterocycles. The highest BCUT2D eigenvalue weighted by Crippen LogP contribution is 2.26. The molecule has 1 N–H and O–H groups in total. The summed E-state index contributed by atoms with van der Waals surface area (Å²) < 4.78 is 5.55. The van der Waals surface area contributed by atoms with Crippen LogP contribution in [0.15, 0.2) is 21.9 Å². The van der Waals surface area contributed by atoms with Gasteiger partial charge in [0.05, 0.1) is 0 Å². The maximum Gasteiger partial charge on any atom is 0.273 e. The van der Waals surface area contributed by atoms with Gasteiger partial charge < -0.3 is 14.6 Å². The number of amides is 1. The van der Waals surface area contributed by atoms with Crippen LogP contribution < -0.4 is 5.32 Å². The molecule has 1 amide bonds. The molecule has 3 heterocycles. The molecule has 1 saturated heterocycles. The van der Waals surface area contributed by atoms with E-state index in [-0.39, 0.29) is 5.91 Å². The van der Waals surface area contributed by atoms with Crippen molar-refractivity contribution >= 4 is 17.2 Å². The van der Waals surface area contributed by atoms with Crippen molar-refractivity contribution in [3.8, 4) is 10.8 Å². The number of likely N-dealkylation sites (tertiary alicyclic amines) is 1. The summed E-state index contributed by atoms with van der Waals surface area (Å²) in [6.45, 7) is 3.48. The van der Waals surface area contributed by atoms with Gasteiger partial charge in [0.15, 0.2) is 10.8 Å². The minimum atomic E-state index is 0.0235. The molecule has 112 valence electrons. The number of carbonyl (C=O) groups is 1. The van der Waals surface area contributed by atoms with E-state index in [1.807, 2.05) is 36.4 Å². The molecule has 0 saturated carbocycles. The average molecular weight is 305 g/mol. The third-order valence-corrected chi connectivity index (χ3v) is 4.72. The molecule has 6 heteroatoms. The molecule has 1 aliphatic heterocycles. The number of nitrogens with one attached hydrogen (secondary N) is 1. The number of hydrogen-bond donors (Lipinski definition) is 1. The van der Waals surface area contributed by atoms with Crippen molar-refractivity contribution in [2.24, 2.45) is 0 Å². The van der Waals surface area contributed by atoms with E-state index in [1.54, 1.807) is 0 Å². The summed E-state index contributed by atoms with van der Waals surface area (Å²) in [5.74, 6) is 1.60. The fraction of sp³-hybridized carbons (Fsp3) is 0.467.